The standard InChI is InChI=1S/C34H41O3.C18H21O.C14H16NO2.7C4H9.6CH3.4Sn/c1-4-27(29-18-20-31(35)21-19-29)25-33(3,24-26(2)28-14-8-5-9-15-28)32(36)37-34(22-12-7-13-23-34)30-16-10-6-11-17-30;1-3-15(17-9-11-18(19)12-10-17)13-14(2)16-7-5-4-6-8-16;1-3-7-12-10(2)13(16)15(14(12)17)11-8-5-4-6-9-11;7*1-3-4-2;;;;;;;;;;/h6,8-11,14-21,26-27,35H,4,7,12-13,22-25H2,1-3H3;5-12,14-15,19H,3,13H2,1-2H3;3-6,8-10,12H,7H2,1-2H3;3H,4H2,1-2H3;6*1,3-4H2,2H3;6*1H3;;;;. The van der Waals surface area contributed by atoms with Crippen LogP contribution >= 0.6 is 0 Å². The number of ether oxygens (including phenoxy) is 1. The maximum atomic E-state index is 14.5. The van der Waals surface area contributed by atoms with Gasteiger partial charge in [0.05, 0.1) is 0 Å². The van der Waals surface area contributed by atoms with Gasteiger partial charge in [0, 0.05) is 0 Å². The van der Waals surface area contributed by atoms with E-state index in [4.69, 9.17) is 4.74 Å². The average molecular weight is 1950 g/mol. The monoisotopic (exact) mass is 1950 g/mol. The molecule has 9 atom stereocenters. The third kappa shape index (κ3) is 29.9. The van der Waals surface area contributed by atoms with Gasteiger partial charge in [-0.3, -0.25) is 0 Å². The molecule has 9 unspecified atom stereocenters. The van der Waals surface area contributed by atoms with E-state index in [1.165, 1.54) is 128 Å². The maximum absolute atomic E-state index is 14.5. The SMILES string of the molecule is CCC(CC(C)(CC(C)c1cc[c]([Sn]([CH3])([CH3])[CH3])cc1)C(=O)OC1(c2ccccc2)CCCCC1)c1ccc(O)cc1.CCC(CC(C)c1cc[c]([Sn]([CH3])([CH3])[CH3])cc1)c1ccc(O)cc1.CCC[CH2][Sn]([CH2]CCC)([CH2]CCC)[CH](C)CC.CCC[CH2][Sn]([CH2]CCC)([CH2]CCC)[CH](C)CC1C(=O)N(c2ccccc2)C(=O)C1C. The second kappa shape index (κ2) is 49.2. The Morgan fingerprint density at radius 3 is 1.23 bits per heavy atom. The van der Waals surface area contributed by atoms with Crippen molar-refractivity contribution in [3.63, 3.8) is 0 Å². The Balaban J connectivity index is 0.000000279. The Morgan fingerprint density at radius 2 is 0.847 bits per heavy atom. The molecular weight excluding hydrogens is 1790 g/mol. The first-order valence-corrected chi connectivity index (χ1v) is 80.2. The number of hydrogen-bond donors (Lipinski definition) is 2. The molecular formula is C100H159NO6Sn4. The zero-order chi connectivity index (χ0) is 82.0. The molecule has 1 saturated carbocycles. The number of rotatable bonds is 41. The molecule has 1 aliphatic heterocycles. The van der Waals surface area contributed by atoms with E-state index >= 15 is 0 Å². The molecule has 2 fully saturated rings. The number of esters is 1. The third-order valence-corrected chi connectivity index (χ3v) is 75.2. The second-order valence-electron chi connectivity index (χ2n) is 37.0. The predicted octanol–water partition coefficient (Wildman–Crippen LogP) is 29.1. The summed E-state index contributed by atoms with van der Waals surface area (Å²) in [5, 5.41) is 19.4. The summed E-state index contributed by atoms with van der Waals surface area (Å²) in [6.07, 6.45) is 28.7. The van der Waals surface area contributed by atoms with Crippen LogP contribution in [0.4, 0.5) is 5.69 Å². The molecule has 0 aromatic heterocycles. The van der Waals surface area contributed by atoms with E-state index in [0.717, 1.165) is 78.5 Å². The van der Waals surface area contributed by atoms with Crippen molar-refractivity contribution >= 4 is 104 Å². The van der Waals surface area contributed by atoms with Gasteiger partial charge in [-0.05, 0) is 0 Å². The van der Waals surface area contributed by atoms with E-state index in [-0.39, 0.29) is 47.2 Å². The average Bonchev–Trinajstić information content (AvgIpc) is 1.72. The zero-order valence-electron chi connectivity index (χ0n) is 74.3. The van der Waals surface area contributed by atoms with Crippen LogP contribution in [0.3, 0.4) is 0 Å². The Morgan fingerprint density at radius 1 is 0.468 bits per heavy atom. The van der Waals surface area contributed by atoms with Gasteiger partial charge < -0.3 is 5.11 Å². The van der Waals surface area contributed by atoms with Crippen molar-refractivity contribution in [1.29, 1.82) is 0 Å². The van der Waals surface area contributed by atoms with Crippen molar-refractivity contribution in [2.24, 2.45) is 17.3 Å². The first-order valence-electron chi connectivity index (χ1n) is 44.8. The van der Waals surface area contributed by atoms with E-state index in [1.807, 2.05) is 55.5 Å². The molecule has 8 rings (SSSR count). The van der Waals surface area contributed by atoms with Crippen LogP contribution in [-0.2, 0) is 24.7 Å². The van der Waals surface area contributed by atoms with Gasteiger partial charge >= 0.3 is 669 Å². The van der Waals surface area contributed by atoms with Gasteiger partial charge in [0.2, 0.25) is 0 Å². The Labute approximate surface area is 696 Å². The van der Waals surface area contributed by atoms with E-state index in [9.17, 15) is 24.6 Å². The second-order valence-corrected chi connectivity index (χ2v) is 95.7. The summed E-state index contributed by atoms with van der Waals surface area (Å²) < 4.78 is 21.1. The number of hydrogen-bond acceptors (Lipinski definition) is 6. The molecule has 1 heterocycles. The van der Waals surface area contributed by atoms with Crippen molar-refractivity contribution in [1.82, 2.24) is 0 Å². The molecule has 6 aromatic rings. The number of benzene rings is 6. The number of anilines is 1. The number of aromatic hydroxyl groups is 2. The Hall–Kier alpha value is -3.28. The van der Waals surface area contributed by atoms with Crippen molar-refractivity contribution < 1.29 is 29.3 Å². The van der Waals surface area contributed by atoms with Gasteiger partial charge in [0.15, 0.2) is 0 Å². The summed E-state index contributed by atoms with van der Waals surface area (Å²) in [5.74, 6) is 1.73. The molecule has 1 saturated heterocycles. The first kappa shape index (κ1) is 98.3. The summed E-state index contributed by atoms with van der Waals surface area (Å²) in [4.78, 5) is 57.1. The van der Waals surface area contributed by atoms with Crippen LogP contribution in [0.5, 0.6) is 11.5 Å². The van der Waals surface area contributed by atoms with Crippen molar-refractivity contribution in [3.8, 4) is 11.5 Å². The normalized spacial score (nSPS) is 17.5. The zero-order valence-corrected chi connectivity index (χ0v) is 85.7. The van der Waals surface area contributed by atoms with Crippen LogP contribution in [0.2, 0.25) is 64.1 Å². The number of phenolic OH excluding ortho intramolecular Hbond substituents is 2. The fourth-order valence-electron chi connectivity index (χ4n) is 18.4. The quantitative estimate of drug-likeness (QED) is 0.0225. The van der Waals surface area contributed by atoms with Crippen LogP contribution in [-0.4, -0.2) is 102 Å². The summed E-state index contributed by atoms with van der Waals surface area (Å²) in [6.45, 7) is 34.6. The molecule has 2 N–H and O–H groups in total. The number of carbonyl (C=O) groups excluding carboxylic acids is 3. The molecule has 7 nitrogen and oxygen atoms in total. The summed E-state index contributed by atoms with van der Waals surface area (Å²) >= 11 is -8.28. The summed E-state index contributed by atoms with van der Waals surface area (Å²) in [5.41, 5.74) is 5.86. The predicted molar refractivity (Wildman–Crippen MR) is 492 cm³/mol. The fourth-order valence-corrected chi connectivity index (χ4v) is 60.5. The first-order chi connectivity index (χ1) is 52.8. The van der Waals surface area contributed by atoms with E-state index in [1.54, 1.807) is 41.2 Å². The number of carbonyl (C=O) groups is 3. The Bertz CT molecular complexity index is 3520. The van der Waals surface area contributed by atoms with Gasteiger partial charge in [-0.2, -0.15) is 0 Å². The molecule has 0 spiro atoms. The van der Waals surface area contributed by atoms with Crippen molar-refractivity contribution in [3.05, 3.63) is 186 Å². The van der Waals surface area contributed by atoms with Gasteiger partial charge in [-0.25, -0.2) is 0 Å². The third-order valence-electron chi connectivity index (χ3n) is 26.5. The van der Waals surface area contributed by atoms with Crippen LogP contribution in [0.1, 0.15) is 309 Å². The molecule has 2 amide bonds. The Kier molecular flexibility index (Phi) is 43.6. The van der Waals surface area contributed by atoms with Crippen LogP contribution in [0, 0.1) is 17.3 Å². The van der Waals surface area contributed by atoms with Gasteiger partial charge in [0.1, 0.15) is 5.75 Å². The van der Waals surface area contributed by atoms with Gasteiger partial charge in [-0.1, -0.05) is 24.6 Å². The molecule has 2 aliphatic rings. The molecule has 111 heavy (non-hydrogen) atoms. The van der Waals surface area contributed by atoms with Crippen molar-refractivity contribution in [2.75, 3.05) is 4.90 Å². The molecule has 6 aromatic carbocycles. The molecule has 0 radical (unpaired) electrons. The summed E-state index contributed by atoms with van der Waals surface area (Å²) in [6, 6.07) is 53.8. The fraction of sp³-hybridized carbons (Fsp3) is 0.610. The number of amides is 2. The van der Waals surface area contributed by atoms with E-state index < -0.39 is 84.5 Å². The summed E-state index contributed by atoms with van der Waals surface area (Å²) in [7, 11) is 0. The molecule has 11 heteroatoms. The minimum atomic E-state index is -2.41. The number of phenols is 2. The molecule has 616 valence electrons. The van der Waals surface area contributed by atoms with Crippen LogP contribution < -0.4 is 12.1 Å². The van der Waals surface area contributed by atoms with E-state index in [2.05, 4.69) is 211 Å². The topological polar surface area (TPSA) is 104 Å². The number of imide groups is 1. The van der Waals surface area contributed by atoms with E-state index in [0.29, 0.717) is 27.9 Å². The van der Waals surface area contributed by atoms with Gasteiger partial charge in [0.25, 0.3) is 0 Å². The minimum absolute atomic E-state index is 0.0140. The molecule has 1 aliphatic carbocycles. The van der Waals surface area contributed by atoms with Crippen LogP contribution in [0.25, 0.3) is 0 Å². The number of unbranched alkanes of at least 4 members (excludes halogenated alkanes) is 6. The molecule has 0 bridgehead atoms. The van der Waals surface area contributed by atoms with Crippen LogP contribution in [0.15, 0.2) is 158 Å². The van der Waals surface area contributed by atoms with Gasteiger partial charge in [-0.15, -0.1) is 0 Å². The number of nitrogens with zero attached hydrogens (tertiary/aromatic N) is 1. The van der Waals surface area contributed by atoms with Crippen molar-refractivity contribution in [2.45, 2.75) is 351 Å². The number of para-hydroxylation sites is 1.